The van der Waals surface area contributed by atoms with Gasteiger partial charge in [-0.1, -0.05) is 18.0 Å². The Kier molecular flexibility index (Phi) is 4.09. The second-order valence-electron chi connectivity index (χ2n) is 7.49. The van der Waals surface area contributed by atoms with Gasteiger partial charge in [0.1, 0.15) is 5.41 Å². The molecule has 7 heteroatoms. The highest BCUT2D eigenvalue weighted by molar-refractivity contribution is 6.03. The zero-order valence-electron chi connectivity index (χ0n) is 14.4. The number of oxime groups is 1. The number of fused-ring (bicyclic) bond motifs is 1. The standard InChI is InChI=1S/C18H23N3O4/c1-18-12(9-8-11-6-7-11)10-14(22)24-16(18)20-17(19-15(18)23)25-21-13-4-2-3-5-13/h10-11,16H,2-9H2,1H3,(H,19,20,23). The Labute approximate surface area is 146 Å². The summed E-state index contributed by atoms with van der Waals surface area (Å²) in [6, 6.07) is 0.00289. The molecule has 2 fully saturated rings. The summed E-state index contributed by atoms with van der Waals surface area (Å²) in [7, 11) is 0. The molecule has 0 saturated heterocycles. The van der Waals surface area contributed by atoms with Crippen LogP contribution in [0.5, 0.6) is 0 Å². The monoisotopic (exact) mass is 345 g/mol. The number of nitrogens with zero attached hydrogens (tertiary/aromatic N) is 2. The molecular weight excluding hydrogens is 322 g/mol. The first-order valence-electron chi connectivity index (χ1n) is 9.09. The Balaban J connectivity index is 1.53. The topological polar surface area (TPSA) is 89.3 Å². The number of esters is 1. The zero-order valence-corrected chi connectivity index (χ0v) is 14.4. The number of amidine groups is 1. The van der Waals surface area contributed by atoms with Gasteiger partial charge in [0.05, 0.1) is 5.71 Å². The lowest BCUT2D eigenvalue weighted by Crippen LogP contribution is -2.57. The fraction of sp³-hybridized carbons (Fsp3) is 0.667. The number of aliphatic imine (C=N–C) groups is 1. The summed E-state index contributed by atoms with van der Waals surface area (Å²) in [5.41, 5.74) is 0.787. The van der Waals surface area contributed by atoms with Gasteiger partial charge in [-0.2, -0.15) is 4.99 Å². The highest BCUT2D eigenvalue weighted by Gasteiger charge is 2.53. The molecule has 4 rings (SSSR count). The van der Waals surface area contributed by atoms with Gasteiger partial charge in [0, 0.05) is 6.08 Å². The van der Waals surface area contributed by atoms with E-state index < -0.39 is 17.6 Å². The van der Waals surface area contributed by atoms with E-state index >= 15 is 0 Å². The van der Waals surface area contributed by atoms with Gasteiger partial charge in [0.2, 0.25) is 12.1 Å². The van der Waals surface area contributed by atoms with Crippen molar-refractivity contribution in [3.05, 3.63) is 11.6 Å². The molecule has 0 aromatic heterocycles. The lowest BCUT2D eigenvalue weighted by molar-refractivity contribution is -0.156. The number of amides is 1. The van der Waals surface area contributed by atoms with E-state index in [0.717, 1.165) is 49.3 Å². The summed E-state index contributed by atoms with van der Waals surface area (Å²) in [5, 5.41) is 6.74. The van der Waals surface area contributed by atoms with E-state index in [1.807, 2.05) is 0 Å². The smallest absolute Gasteiger partial charge is 0.332 e. The van der Waals surface area contributed by atoms with Crippen molar-refractivity contribution in [3.8, 4) is 0 Å². The maximum atomic E-state index is 12.8. The van der Waals surface area contributed by atoms with Crippen LogP contribution in [0.15, 0.2) is 21.8 Å². The van der Waals surface area contributed by atoms with Crippen LogP contribution in [0.1, 0.15) is 58.3 Å². The van der Waals surface area contributed by atoms with E-state index in [2.05, 4.69) is 15.5 Å². The molecule has 2 aliphatic carbocycles. The minimum Gasteiger partial charge on any atom is -0.435 e. The molecule has 0 aromatic carbocycles. The predicted octanol–water partition coefficient (Wildman–Crippen LogP) is 2.42. The second kappa shape index (κ2) is 6.28. The molecular formula is C18H23N3O4. The molecule has 2 unspecified atom stereocenters. The summed E-state index contributed by atoms with van der Waals surface area (Å²) >= 11 is 0. The minimum absolute atomic E-state index is 0.00289. The quantitative estimate of drug-likeness (QED) is 0.626. The molecule has 0 bridgehead atoms. The fourth-order valence-corrected chi connectivity index (χ4v) is 3.62. The SMILES string of the molecule is CC12C(=O)NC(ON=C3CCCC3)=NC1OC(=O)C=C2CCC1CC1. The number of hydrogen-bond donors (Lipinski definition) is 1. The van der Waals surface area contributed by atoms with E-state index in [-0.39, 0.29) is 11.9 Å². The summed E-state index contributed by atoms with van der Waals surface area (Å²) in [6.07, 6.45) is 8.77. The van der Waals surface area contributed by atoms with Crippen molar-refractivity contribution in [1.82, 2.24) is 5.32 Å². The minimum atomic E-state index is -0.976. The van der Waals surface area contributed by atoms with Crippen LogP contribution in [0.25, 0.3) is 0 Å². The Morgan fingerprint density at radius 3 is 2.84 bits per heavy atom. The average Bonchev–Trinajstić information content (AvgIpc) is 3.26. The Bertz CT molecular complexity index is 684. The van der Waals surface area contributed by atoms with Gasteiger partial charge in [-0.3, -0.25) is 10.1 Å². The summed E-state index contributed by atoms with van der Waals surface area (Å²) in [5.74, 6) is 0.00836. The Morgan fingerprint density at radius 1 is 1.36 bits per heavy atom. The largest absolute Gasteiger partial charge is 0.435 e. The third kappa shape index (κ3) is 3.19. The molecule has 1 N–H and O–H groups in total. The number of rotatable bonds is 4. The Hall–Kier alpha value is -2.18. The molecule has 7 nitrogen and oxygen atoms in total. The molecule has 2 aliphatic heterocycles. The normalized spacial score (nSPS) is 31.6. The zero-order chi connectivity index (χ0) is 17.4. The average molecular weight is 345 g/mol. The number of nitrogens with one attached hydrogen (secondary N) is 1. The van der Waals surface area contributed by atoms with Gasteiger partial charge < -0.3 is 9.57 Å². The summed E-state index contributed by atoms with van der Waals surface area (Å²) in [6.45, 7) is 1.78. The van der Waals surface area contributed by atoms with Gasteiger partial charge in [-0.15, -0.1) is 0 Å². The predicted molar refractivity (Wildman–Crippen MR) is 90.6 cm³/mol. The summed E-state index contributed by atoms with van der Waals surface area (Å²) < 4.78 is 5.33. The van der Waals surface area contributed by atoms with Crippen LogP contribution >= 0.6 is 0 Å². The number of ether oxygens (including phenoxy) is 1. The Morgan fingerprint density at radius 2 is 2.12 bits per heavy atom. The lowest BCUT2D eigenvalue weighted by Gasteiger charge is -2.40. The summed E-state index contributed by atoms with van der Waals surface area (Å²) in [4.78, 5) is 34.3. The van der Waals surface area contributed by atoms with E-state index in [1.54, 1.807) is 6.92 Å². The lowest BCUT2D eigenvalue weighted by atomic mass is 9.75. The van der Waals surface area contributed by atoms with Crippen LogP contribution in [0.4, 0.5) is 0 Å². The molecule has 2 saturated carbocycles. The van der Waals surface area contributed by atoms with Crippen LogP contribution in [0.3, 0.4) is 0 Å². The van der Waals surface area contributed by atoms with Crippen molar-refractivity contribution in [2.24, 2.45) is 21.5 Å². The van der Waals surface area contributed by atoms with Gasteiger partial charge >= 0.3 is 12.0 Å². The first kappa shape index (κ1) is 16.3. The third-order valence-electron chi connectivity index (χ3n) is 5.57. The van der Waals surface area contributed by atoms with Gasteiger partial charge in [0.15, 0.2) is 0 Å². The van der Waals surface area contributed by atoms with Crippen molar-refractivity contribution < 1.29 is 19.2 Å². The van der Waals surface area contributed by atoms with Crippen molar-refractivity contribution in [3.63, 3.8) is 0 Å². The number of carbonyl (C=O) groups is 2. The fourth-order valence-electron chi connectivity index (χ4n) is 3.62. The van der Waals surface area contributed by atoms with Gasteiger partial charge in [-0.25, -0.2) is 4.79 Å². The highest BCUT2D eigenvalue weighted by atomic mass is 16.7. The van der Waals surface area contributed by atoms with Gasteiger partial charge in [0.25, 0.3) is 0 Å². The van der Waals surface area contributed by atoms with Crippen LogP contribution in [-0.4, -0.2) is 29.8 Å². The maximum Gasteiger partial charge on any atom is 0.332 e. The number of carbonyl (C=O) groups excluding carboxylic acids is 2. The van der Waals surface area contributed by atoms with Crippen molar-refractivity contribution in [2.75, 3.05) is 0 Å². The molecule has 1 amide bonds. The molecule has 2 heterocycles. The van der Waals surface area contributed by atoms with Crippen molar-refractivity contribution >= 4 is 23.6 Å². The van der Waals surface area contributed by atoms with Crippen molar-refractivity contribution in [2.45, 2.75) is 64.5 Å². The molecule has 2 atom stereocenters. The van der Waals surface area contributed by atoms with Crippen LogP contribution in [-0.2, 0) is 19.2 Å². The first-order chi connectivity index (χ1) is 12.1. The highest BCUT2D eigenvalue weighted by Crippen LogP contribution is 2.44. The molecule has 25 heavy (non-hydrogen) atoms. The maximum absolute atomic E-state index is 12.8. The molecule has 4 aliphatic rings. The molecule has 0 spiro atoms. The molecule has 0 aromatic rings. The van der Waals surface area contributed by atoms with E-state index in [4.69, 9.17) is 9.57 Å². The van der Waals surface area contributed by atoms with Crippen LogP contribution < -0.4 is 5.32 Å². The second-order valence-corrected chi connectivity index (χ2v) is 7.49. The van der Waals surface area contributed by atoms with E-state index in [9.17, 15) is 9.59 Å². The number of hydrogen-bond acceptors (Lipinski definition) is 6. The van der Waals surface area contributed by atoms with Crippen LogP contribution in [0.2, 0.25) is 0 Å². The van der Waals surface area contributed by atoms with E-state index in [1.165, 1.54) is 18.9 Å². The first-order valence-corrected chi connectivity index (χ1v) is 9.09. The van der Waals surface area contributed by atoms with Gasteiger partial charge in [-0.05, 0) is 56.9 Å². The van der Waals surface area contributed by atoms with Crippen LogP contribution in [0, 0.1) is 11.3 Å². The molecule has 0 radical (unpaired) electrons. The van der Waals surface area contributed by atoms with Crippen molar-refractivity contribution in [1.29, 1.82) is 0 Å². The molecule has 134 valence electrons. The van der Waals surface area contributed by atoms with E-state index in [0.29, 0.717) is 6.42 Å². The third-order valence-corrected chi connectivity index (χ3v) is 5.57.